The van der Waals surface area contributed by atoms with Gasteiger partial charge in [-0.2, -0.15) is 0 Å². The molecule has 0 fully saturated rings. The van der Waals surface area contributed by atoms with Gasteiger partial charge in [0.05, 0.1) is 0 Å². The fraction of sp³-hybridized carbons (Fsp3) is 0.300. The van der Waals surface area contributed by atoms with Crippen molar-refractivity contribution in [1.29, 1.82) is 0 Å². The van der Waals surface area contributed by atoms with Crippen molar-refractivity contribution in [2.75, 3.05) is 0 Å². The summed E-state index contributed by atoms with van der Waals surface area (Å²) in [5.41, 5.74) is 2.16. The van der Waals surface area contributed by atoms with E-state index in [1.807, 2.05) is 12.1 Å². The van der Waals surface area contributed by atoms with E-state index in [1.54, 1.807) is 0 Å². The Bertz CT molecular complexity index is 251. The molecule has 0 atom stereocenters. The lowest BCUT2D eigenvalue weighted by Gasteiger charge is -2.04. The molecule has 0 radical (unpaired) electrons. The van der Waals surface area contributed by atoms with Crippen molar-refractivity contribution in [3.05, 3.63) is 29.8 Å². The lowest BCUT2D eigenvalue weighted by molar-refractivity contribution is 0.570. The normalized spacial score (nSPS) is 10.2. The third-order valence-corrected chi connectivity index (χ3v) is 2.37. The van der Waals surface area contributed by atoms with Gasteiger partial charge >= 0.3 is 0 Å². The Morgan fingerprint density at radius 3 is 2.25 bits per heavy atom. The molecular formula is C10H12OS. The molecule has 0 amide bonds. The third kappa shape index (κ3) is 2.38. The number of benzene rings is 1. The average molecular weight is 180 g/mol. The van der Waals surface area contributed by atoms with Crippen LogP contribution in [0.5, 0.6) is 0 Å². The molecule has 0 N–H and O–H groups in total. The fourth-order valence-corrected chi connectivity index (χ4v) is 1.39. The minimum Gasteiger partial charge on any atom is -0.291 e. The zero-order valence-corrected chi connectivity index (χ0v) is 8.10. The Hall–Kier alpha value is -0.760. The van der Waals surface area contributed by atoms with E-state index in [9.17, 15) is 4.79 Å². The Kier molecular flexibility index (Phi) is 3.35. The third-order valence-electron chi connectivity index (χ3n) is 1.73. The van der Waals surface area contributed by atoms with E-state index in [1.165, 1.54) is 17.3 Å². The first kappa shape index (κ1) is 9.33. The van der Waals surface area contributed by atoms with E-state index < -0.39 is 0 Å². The summed E-state index contributed by atoms with van der Waals surface area (Å²) in [4.78, 5) is 11.2. The lowest BCUT2D eigenvalue weighted by Crippen LogP contribution is -1.85. The van der Waals surface area contributed by atoms with Gasteiger partial charge in [-0.15, -0.1) is 0 Å². The Morgan fingerprint density at radius 2 is 1.83 bits per heavy atom. The van der Waals surface area contributed by atoms with Crippen molar-refractivity contribution in [2.45, 2.75) is 24.7 Å². The number of rotatable bonds is 3. The van der Waals surface area contributed by atoms with E-state index in [0.717, 1.165) is 10.5 Å². The molecule has 0 aromatic heterocycles. The molecule has 1 aromatic rings. The van der Waals surface area contributed by atoms with Crippen LogP contribution >= 0.6 is 11.8 Å². The molecule has 1 aromatic carbocycles. The van der Waals surface area contributed by atoms with Gasteiger partial charge in [-0.1, -0.05) is 37.7 Å². The zero-order chi connectivity index (χ0) is 8.97. The van der Waals surface area contributed by atoms with E-state index in [4.69, 9.17) is 0 Å². The first-order valence-electron chi connectivity index (χ1n) is 3.94. The predicted octanol–water partition coefficient (Wildman–Crippen LogP) is 3.09. The van der Waals surface area contributed by atoms with Crippen LogP contribution in [0.2, 0.25) is 0 Å². The van der Waals surface area contributed by atoms with Crippen LogP contribution in [0.1, 0.15) is 25.3 Å². The molecule has 0 saturated carbocycles. The van der Waals surface area contributed by atoms with Crippen LogP contribution in [0.3, 0.4) is 0 Å². The van der Waals surface area contributed by atoms with Crippen LogP contribution in [0, 0.1) is 0 Å². The van der Waals surface area contributed by atoms with Crippen molar-refractivity contribution >= 4 is 17.4 Å². The average Bonchev–Trinajstić information content (AvgIpc) is 2.06. The topological polar surface area (TPSA) is 17.1 Å². The van der Waals surface area contributed by atoms with Gasteiger partial charge in [0.25, 0.3) is 0 Å². The minimum absolute atomic E-state index is 0.556. The Balaban J connectivity index is 2.78. The second-order valence-corrected chi connectivity index (χ2v) is 3.84. The van der Waals surface area contributed by atoms with E-state index >= 15 is 0 Å². The quantitative estimate of drug-likeness (QED) is 0.525. The molecule has 2 heteroatoms. The summed E-state index contributed by atoms with van der Waals surface area (Å²) in [5.74, 6) is 0.556. The molecule has 0 aliphatic rings. The first-order valence-corrected chi connectivity index (χ1v) is 4.82. The van der Waals surface area contributed by atoms with E-state index in [-0.39, 0.29) is 0 Å². The minimum atomic E-state index is 0.556. The van der Waals surface area contributed by atoms with Crippen LogP contribution in [-0.2, 0) is 4.79 Å². The van der Waals surface area contributed by atoms with Crippen LogP contribution in [-0.4, -0.2) is 5.62 Å². The molecule has 0 aliphatic heterocycles. The van der Waals surface area contributed by atoms with E-state index in [2.05, 4.69) is 26.0 Å². The second kappa shape index (κ2) is 4.31. The van der Waals surface area contributed by atoms with Crippen molar-refractivity contribution in [3.8, 4) is 0 Å². The summed E-state index contributed by atoms with van der Waals surface area (Å²) >= 11 is 1.22. The second-order valence-electron chi connectivity index (χ2n) is 2.94. The van der Waals surface area contributed by atoms with Crippen LogP contribution in [0.25, 0.3) is 0 Å². The van der Waals surface area contributed by atoms with Gasteiger partial charge in [0, 0.05) is 4.90 Å². The van der Waals surface area contributed by atoms with Crippen LogP contribution < -0.4 is 0 Å². The highest BCUT2D eigenvalue weighted by atomic mass is 32.2. The highest BCUT2D eigenvalue weighted by molar-refractivity contribution is 8.11. The molecule has 0 spiro atoms. The van der Waals surface area contributed by atoms with Gasteiger partial charge in [-0.3, -0.25) is 4.79 Å². The van der Waals surface area contributed by atoms with Crippen molar-refractivity contribution < 1.29 is 4.79 Å². The molecule has 0 aliphatic carbocycles. The van der Waals surface area contributed by atoms with Gasteiger partial charge in [0.2, 0.25) is 0 Å². The highest BCUT2D eigenvalue weighted by Crippen LogP contribution is 2.19. The molecule has 64 valence electrons. The van der Waals surface area contributed by atoms with Crippen molar-refractivity contribution in [2.24, 2.45) is 0 Å². The number of thioether (sulfide) groups is 1. The van der Waals surface area contributed by atoms with Gasteiger partial charge in [-0.05, 0) is 23.6 Å². The molecule has 0 heterocycles. The lowest BCUT2D eigenvalue weighted by atomic mass is 10.0. The summed E-state index contributed by atoms with van der Waals surface area (Å²) in [6.07, 6.45) is 0. The van der Waals surface area contributed by atoms with Crippen molar-refractivity contribution in [3.63, 3.8) is 0 Å². The summed E-state index contributed by atoms with van der Waals surface area (Å²) in [6, 6.07) is 8.09. The largest absolute Gasteiger partial charge is 0.291 e. The monoisotopic (exact) mass is 180 g/mol. The molecule has 1 nitrogen and oxygen atoms in total. The summed E-state index contributed by atoms with van der Waals surface area (Å²) in [5, 5.41) is 0. The van der Waals surface area contributed by atoms with Gasteiger partial charge in [0.1, 0.15) is 0 Å². The highest BCUT2D eigenvalue weighted by Gasteiger charge is 1.98. The summed E-state index contributed by atoms with van der Waals surface area (Å²) in [6.45, 7) is 4.31. The van der Waals surface area contributed by atoms with Gasteiger partial charge in [0.15, 0.2) is 5.62 Å². The number of hydrogen-bond donors (Lipinski definition) is 0. The summed E-state index contributed by atoms with van der Waals surface area (Å²) in [7, 11) is 0. The Labute approximate surface area is 77.2 Å². The maximum atomic E-state index is 10.2. The van der Waals surface area contributed by atoms with Gasteiger partial charge in [-0.25, -0.2) is 0 Å². The number of hydrogen-bond acceptors (Lipinski definition) is 2. The molecule has 12 heavy (non-hydrogen) atoms. The first-order chi connectivity index (χ1) is 5.74. The van der Waals surface area contributed by atoms with Crippen LogP contribution in [0.15, 0.2) is 29.2 Å². The predicted molar refractivity (Wildman–Crippen MR) is 53.1 cm³/mol. The summed E-state index contributed by atoms with van der Waals surface area (Å²) < 4.78 is 0. The molecular weight excluding hydrogens is 168 g/mol. The zero-order valence-electron chi connectivity index (χ0n) is 7.28. The molecule has 0 unspecified atom stereocenters. The smallest absolute Gasteiger partial charge is 0.180 e. The fourth-order valence-electron chi connectivity index (χ4n) is 0.987. The molecule has 1 rings (SSSR count). The SMILES string of the molecule is CC(C)c1ccc(SC=O)cc1. The van der Waals surface area contributed by atoms with Crippen LogP contribution in [0.4, 0.5) is 0 Å². The maximum Gasteiger partial charge on any atom is 0.180 e. The molecule has 0 bridgehead atoms. The van der Waals surface area contributed by atoms with Crippen molar-refractivity contribution in [1.82, 2.24) is 0 Å². The molecule has 0 saturated heterocycles. The number of carbonyl (C=O) groups is 1. The standard InChI is InChI=1S/C10H12OS/c1-8(2)9-3-5-10(6-4-9)12-7-11/h3-8H,1-2H3. The maximum absolute atomic E-state index is 10.2. The van der Waals surface area contributed by atoms with E-state index in [0.29, 0.717) is 5.92 Å². The Morgan fingerprint density at radius 1 is 1.25 bits per heavy atom. The van der Waals surface area contributed by atoms with Gasteiger partial charge < -0.3 is 0 Å². The number of carbonyl (C=O) groups excluding carboxylic acids is 1.